The molecule has 0 fully saturated rings. The standard InChI is InChI=1S/C70H118O6/c1-4-7-10-13-16-19-22-24-26-28-29-30-31-32-33-34-35-36-37-38-39-40-41-43-44-46-48-51-54-57-60-63-69(72)75-66-67(65-74-68(71)62-59-56-53-50-21-18-15-12-9-6-3)76-70(73)64-61-58-55-52-49-47-45-42-27-25-23-20-17-14-11-8-5-2/h7,10,12,15-17,19-20,24-27,29-30,32-33,35-36,67H,4-6,8-9,11,13-14,18,21-23,28,31,34,37-66H2,1-3H3/b10-7-,15-12-,19-16-,20-17-,26-24-,27-25-,30-29-,33-32-,36-35-. The molecule has 1 atom stereocenters. The minimum Gasteiger partial charge on any atom is -0.462 e. The van der Waals surface area contributed by atoms with E-state index in [1.54, 1.807) is 0 Å². The maximum atomic E-state index is 12.9. The first-order chi connectivity index (χ1) is 37.5. The van der Waals surface area contributed by atoms with Gasteiger partial charge in [-0.15, -0.1) is 0 Å². The monoisotopic (exact) mass is 1050 g/mol. The van der Waals surface area contributed by atoms with Crippen LogP contribution in [0.5, 0.6) is 0 Å². The second-order valence-electron chi connectivity index (χ2n) is 20.9. The highest BCUT2D eigenvalue weighted by molar-refractivity contribution is 5.71. The lowest BCUT2D eigenvalue weighted by Crippen LogP contribution is -2.30. The third-order valence-electron chi connectivity index (χ3n) is 13.5. The summed E-state index contributed by atoms with van der Waals surface area (Å²) in [7, 11) is 0. The molecule has 6 heteroatoms. The smallest absolute Gasteiger partial charge is 0.306 e. The van der Waals surface area contributed by atoms with Gasteiger partial charge in [0.05, 0.1) is 0 Å². The van der Waals surface area contributed by atoms with Crippen molar-refractivity contribution in [2.24, 2.45) is 0 Å². The molecule has 434 valence electrons. The van der Waals surface area contributed by atoms with E-state index in [1.807, 2.05) is 0 Å². The second-order valence-corrected chi connectivity index (χ2v) is 20.9. The van der Waals surface area contributed by atoms with Crippen LogP contribution >= 0.6 is 0 Å². The van der Waals surface area contributed by atoms with Gasteiger partial charge in [0.15, 0.2) is 6.10 Å². The summed E-state index contributed by atoms with van der Waals surface area (Å²) in [4.78, 5) is 38.2. The summed E-state index contributed by atoms with van der Waals surface area (Å²) in [5, 5.41) is 0. The number of ether oxygens (including phenoxy) is 3. The third kappa shape index (κ3) is 60.9. The Morgan fingerprint density at radius 2 is 0.539 bits per heavy atom. The van der Waals surface area contributed by atoms with Crippen LogP contribution in [0.25, 0.3) is 0 Å². The van der Waals surface area contributed by atoms with Gasteiger partial charge in [0.1, 0.15) is 13.2 Å². The molecule has 0 heterocycles. The average molecular weight is 1060 g/mol. The van der Waals surface area contributed by atoms with Gasteiger partial charge < -0.3 is 14.2 Å². The largest absolute Gasteiger partial charge is 0.462 e. The van der Waals surface area contributed by atoms with Gasteiger partial charge in [-0.1, -0.05) is 265 Å². The zero-order valence-corrected chi connectivity index (χ0v) is 49.7. The first kappa shape index (κ1) is 72.1. The topological polar surface area (TPSA) is 78.9 Å². The predicted molar refractivity (Wildman–Crippen MR) is 330 cm³/mol. The minimum atomic E-state index is -0.787. The maximum Gasteiger partial charge on any atom is 0.306 e. The molecule has 0 aliphatic carbocycles. The summed E-state index contributed by atoms with van der Waals surface area (Å²) < 4.78 is 16.9. The van der Waals surface area contributed by atoms with Crippen LogP contribution < -0.4 is 0 Å². The minimum absolute atomic E-state index is 0.0844. The van der Waals surface area contributed by atoms with E-state index in [4.69, 9.17) is 14.2 Å². The van der Waals surface area contributed by atoms with Gasteiger partial charge in [0.25, 0.3) is 0 Å². The van der Waals surface area contributed by atoms with Crippen molar-refractivity contribution in [2.45, 2.75) is 303 Å². The number of unbranched alkanes of at least 4 members (excludes halogenated alkanes) is 28. The Balaban J connectivity index is 4.20. The molecule has 0 aromatic carbocycles. The molecule has 0 aromatic heterocycles. The Bertz CT molecular complexity index is 1540. The molecule has 0 bridgehead atoms. The zero-order valence-electron chi connectivity index (χ0n) is 49.7. The van der Waals surface area contributed by atoms with Crippen LogP contribution in [0.1, 0.15) is 297 Å². The highest BCUT2D eigenvalue weighted by atomic mass is 16.6. The summed E-state index contributed by atoms with van der Waals surface area (Å²) in [6.45, 7) is 6.44. The number of carbonyl (C=O) groups is 3. The number of allylic oxidation sites excluding steroid dienone is 18. The fourth-order valence-corrected chi connectivity index (χ4v) is 8.71. The van der Waals surface area contributed by atoms with Crippen LogP contribution in [0.4, 0.5) is 0 Å². The van der Waals surface area contributed by atoms with Gasteiger partial charge >= 0.3 is 17.9 Å². The SMILES string of the molecule is CC/C=C\C/C=C\C/C=C\C/C=C\C/C=C\C/C=C\CCCCCCCCCCCCCCC(=O)OCC(COC(=O)CCCCCCC/C=C\CCC)OC(=O)CCCCCCCCC/C=C\C/C=C\CCCCC. The molecule has 0 spiro atoms. The highest BCUT2D eigenvalue weighted by Crippen LogP contribution is 2.16. The average Bonchev–Trinajstić information content (AvgIpc) is 3.42. The maximum absolute atomic E-state index is 12.9. The number of rotatable bonds is 57. The second kappa shape index (κ2) is 63.6. The molecule has 6 nitrogen and oxygen atoms in total. The molecule has 76 heavy (non-hydrogen) atoms. The van der Waals surface area contributed by atoms with Gasteiger partial charge in [0.2, 0.25) is 0 Å². The summed E-state index contributed by atoms with van der Waals surface area (Å²) in [5.74, 6) is -0.900. The summed E-state index contributed by atoms with van der Waals surface area (Å²) in [6, 6.07) is 0. The van der Waals surface area contributed by atoms with Crippen molar-refractivity contribution in [1.29, 1.82) is 0 Å². The Labute approximate surface area is 470 Å². The summed E-state index contributed by atoms with van der Waals surface area (Å²) in [5.41, 5.74) is 0. The molecular formula is C70H118O6. The molecule has 0 radical (unpaired) electrons. The van der Waals surface area contributed by atoms with E-state index in [1.165, 1.54) is 135 Å². The van der Waals surface area contributed by atoms with E-state index in [2.05, 4.69) is 130 Å². The van der Waals surface area contributed by atoms with E-state index >= 15 is 0 Å². The molecule has 0 aliphatic heterocycles. The molecule has 0 saturated heterocycles. The van der Waals surface area contributed by atoms with Gasteiger partial charge in [-0.2, -0.15) is 0 Å². The third-order valence-corrected chi connectivity index (χ3v) is 13.5. The van der Waals surface area contributed by atoms with Gasteiger partial charge in [0, 0.05) is 19.3 Å². The number of hydrogen-bond donors (Lipinski definition) is 0. The van der Waals surface area contributed by atoms with Crippen LogP contribution in [0.15, 0.2) is 109 Å². The van der Waals surface area contributed by atoms with E-state index < -0.39 is 6.10 Å². The lowest BCUT2D eigenvalue weighted by Gasteiger charge is -2.18. The fourth-order valence-electron chi connectivity index (χ4n) is 8.71. The van der Waals surface area contributed by atoms with Crippen LogP contribution in [0.3, 0.4) is 0 Å². The van der Waals surface area contributed by atoms with Crippen molar-refractivity contribution >= 4 is 17.9 Å². The molecule has 0 amide bonds. The van der Waals surface area contributed by atoms with Crippen LogP contribution in [0.2, 0.25) is 0 Å². The molecule has 0 rings (SSSR count). The fraction of sp³-hybridized carbons (Fsp3) is 0.700. The van der Waals surface area contributed by atoms with Crippen molar-refractivity contribution < 1.29 is 28.6 Å². The first-order valence-corrected chi connectivity index (χ1v) is 31.9. The zero-order chi connectivity index (χ0) is 55.0. The van der Waals surface area contributed by atoms with Gasteiger partial charge in [-0.25, -0.2) is 0 Å². The molecule has 0 aliphatic rings. The Morgan fingerprint density at radius 1 is 0.276 bits per heavy atom. The van der Waals surface area contributed by atoms with Gasteiger partial charge in [-0.05, 0) is 122 Å². The molecule has 0 aromatic rings. The van der Waals surface area contributed by atoms with Crippen LogP contribution in [-0.4, -0.2) is 37.2 Å². The van der Waals surface area contributed by atoms with Gasteiger partial charge in [-0.3, -0.25) is 14.4 Å². The molecule has 0 saturated carbocycles. The quantitative estimate of drug-likeness (QED) is 0.0261. The first-order valence-electron chi connectivity index (χ1n) is 31.9. The molecular weight excluding hydrogens is 937 g/mol. The summed E-state index contributed by atoms with van der Waals surface area (Å²) >= 11 is 0. The Hall–Kier alpha value is -3.93. The van der Waals surface area contributed by atoms with Crippen molar-refractivity contribution in [3.63, 3.8) is 0 Å². The number of hydrogen-bond acceptors (Lipinski definition) is 6. The van der Waals surface area contributed by atoms with E-state index in [0.717, 1.165) is 122 Å². The van der Waals surface area contributed by atoms with Crippen molar-refractivity contribution in [1.82, 2.24) is 0 Å². The van der Waals surface area contributed by atoms with Crippen LogP contribution in [0, 0.1) is 0 Å². The number of carbonyl (C=O) groups excluding carboxylic acids is 3. The predicted octanol–water partition coefficient (Wildman–Crippen LogP) is 21.8. The molecule has 1 unspecified atom stereocenters. The van der Waals surface area contributed by atoms with Crippen molar-refractivity contribution in [3.8, 4) is 0 Å². The summed E-state index contributed by atoms with van der Waals surface area (Å²) in [6.07, 6.45) is 86.7. The molecule has 0 N–H and O–H groups in total. The Kier molecular flexibility index (Phi) is 60.3. The normalized spacial score (nSPS) is 12.8. The van der Waals surface area contributed by atoms with Crippen LogP contribution in [-0.2, 0) is 28.6 Å². The number of esters is 3. The van der Waals surface area contributed by atoms with Crippen molar-refractivity contribution in [3.05, 3.63) is 109 Å². The highest BCUT2D eigenvalue weighted by Gasteiger charge is 2.19. The van der Waals surface area contributed by atoms with Crippen molar-refractivity contribution in [2.75, 3.05) is 13.2 Å². The van der Waals surface area contributed by atoms with E-state index in [-0.39, 0.29) is 31.1 Å². The van der Waals surface area contributed by atoms with E-state index in [0.29, 0.717) is 19.3 Å². The van der Waals surface area contributed by atoms with E-state index in [9.17, 15) is 14.4 Å². The lowest BCUT2D eigenvalue weighted by molar-refractivity contribution is -0.167. The Morgan fingerprint density at radius 3 is 0.868 bits per heavy atom. The lowest BCUT2D eigenvalue weighted by atomic mass is 10.0.